The van der Waals surface area contributed by atoms with E-state index in [2.05, 4.69) is 45.3 Å². The molecule has 0 saturated heterocycles. The van der Waals surface area contributed by atoms with Gasteiger partial charge in [0.15, 0.2) is 0 Å². The van der Waals surface area contributed by atoms with E-state index in [1.165, 1.54) is 11.9 Å². The van der Waals surface area contributed by atoms with Gasteiger partial charge >= 0.3 is 0 Å². The number of amides is 1. The molecule has 29 heavy (non-hydrogen) atoms. The van der Waals surface area contributed by atoms with Crippen LogP contribution in [0.25, 0.3) is 0 Å². The third kappa shape index (κ3) is 3.92. The first-order valence-electron chi connectivity index (χ1n) is 9.76. The fourth-order valence-corrected chi connectivity index (χ4v) is 3.83. The second-order valence-electron chi connectivity index (χ2n) is 7.13. The van der Waals surface area contributed by atoms with Crippen LogP contribution in [0.2, 0.25) is 0 Å². The topological polar surface area (TPSA) is 67.3 Å². The van der Waals surface area contributed by atoms with Crippen LogP contribution in [-0.2, 0) is 12.8 Å². The number of hydrogen-bond donors (Lipinski definition) is 1. The Morgan fingerprint density at radius 1 is 1.17 bits per heavy atom. The van der Waals surface area contributed by atoms with E-state index in [0.29, 0.717) is 18.7 Å². The van der Waals surface area contributed by atoms with Crippen molar-refractivity contribution in [1.29, 1.82) is 0 Å². The maximum absolute atomic E-state index is 12.6. The molecule has 0 saturated carbocycles. The minimum absolute atomic E-state index is 0.205. The Hall–Kier alpha value is -3.41. The Labute approximate surface area is 170 Å². The molecule has 1 aromatic heterocycles. The number of methoxy groups -OCH3 is 1. The van der Waals surface area contributed by atoms with Gasteiger partial charge in [0, 0.05) is 24.3 Å². The summed E-state index contributed by atoms with van der Waals surface area (Å²) in [6, 6.07) is 18.2. The lowest BCUT2D eigenvalue weighted by molar-refractivity contribution is 0.0949. The smallest absolute Gasteiger partial charge is 0.270 e. The minimum atomic E-state index is -0.205. The molecule has 0 aliphatic carbocycles. The predicted molar refractivity (Wildman–Crippen MR) is 113 cm³/mol. The lowest BCUT2D eigenvalue weighted by Gasteiger charge is -2.23. The van der Waals surface area contributed by atoms with Crippen molar-refractivity contribution in [1.82, 2.24) is 15.3 Å². The summed E-state index contributed by atoms with van der Waals surface area (Å²) in [6.45, 7) is 2.66. The van der Waals surface area contributed by atoms with Crippen LogP contribution < -0.4 is 15.0 Å². The number of anilines is 2. The highest BCUT2D eigenvalue weighted by atomic mass is 16.5. The Morgan fingerprint density at radius 3 is 2.83 bits per heavy atom. The van der Waals surface area contributed by atoms with Gasteiger partial charge in [0.25, 0.3) is 5.91 Å². The zero-order valence-electron chi connectivity index (χ0n) is 16.6. The Balaban J connectivity index is 1.45. The summed E-state index contributed by atoms with van der Waals surface area (Å²) in [7, 11) is 1.65. The van der Waals surface area contributed by atoms with Gasteiger partial charge in [-0.05, 0) is 43.0 Å². The summed E-state index contributed by atoms with van der Waals surface area (Å²) >= 11 is 0. The molecule has 2 aromatic carbocycles. The molecule has 1 aliphatic rings. The number of carbonyl (C=O) groups excluding carboxylic acids is 1. The van der Waals surface area contributed by atoms with E-state index in [4.69, 9.17) is 4.74 Å². The van der Waals surface area contributed by atoms with Gasteiger partial charge in [-0.1, -0.05) is 36.4 Å². The van der Waals surface area contributed by atoms with Crippen molar-refractivity contribution in [3.63, 3.8) is 0 Å². The van der Waals surface area contributed by atoms with Crippen LogP contribution in [0.4, 0.5) is 11.5 Å². The molecule has 4 rings (SSSR count). The molecule has 0 radical (unpaired) electrons. The molecule has 3 aromatic rings. The molecule has 0 bridgehead atoms. The van der Waals surface area contributed by atoms with Gasteiger partial charge in [0.05, 0.1) is 7.11 Å². The van der Waals surface area contributed by atoms with E-state index in [9.17, 15) is 4.79 Å². The summed E-state index contributed by atoms with van der Waals surface area (Å²) < 4.78 is 5.36. The first-order chi connectivity index (χ1) is 14.2. The Bertz CT molecular complexity index is 1020. The average Bonchev–Trinajstić information content (AvgIpc) is 3.09. The minimum Gasteiger partial charge on any atom is -0.496 e. The van der Waals surface area contributed by atoms with Crippen LogP contribution in [0.5, 0.6) is 5.75 Å². The molecule has 1 unspecified atom stereocenters. The summed E-state index contributed by atoms with van der Waals surface area (Å²) in [5.41, 5.74) is 3.86. The maximum Gasteiger partial charge on any atom is 0.270 e. The fourth-order valence-electron chi connectivity index (χ4n) is 3.83. The second kappa shape index (κ2) is 8.31. The first kappa shape index (κ1) is 18.9. The van der Waals surface area contributed by atoms with E-state index in [1.54, 1.807) is 13.2 Å². The standard InChI is InChI=1S/C23H24N4O2/c1-16-13-18-8-3-5-9-20(18)27(16)22-14-19(25-15-26-22)23(28)24-12-11-17-7-4-6-10-21(17)29-2/h3-10,14-16H,11-13H2,1-2H3,(H,24,28). The molecule has 0 fully saturated rings. The number of benzene rings is 2. The van der Waals surface area contributed by atoms with Crippen molar-refractivity contribution in [2.75, 3.05) is 18.6 Å². The Kier molecular flexibility index (Phi) is 5.42. The van der Waals surface area contributed by atoms with Crippen molar-refractivity contribution in [3.8, 4) is 5.75 Å². The van der Waals surface area contributed by atoms with Crippen LogP contribution in [0, 0.1) is 0 Å². The molecule has 148 valence electrons. The number of nitrogens with zero attached hydrogens (tertiary/aromatic N) is 3. The third-order valence-corrected chi connectivity index (χ3v) is 5.21. The predicted octanol–water partition coefficient (Wildman–Crippen LogP) is 3.54. The van der Waals surface area contributed by atoms with Crippen LogP contribution in [0.15, 0.2) is 60.9 Å². The second-order valence-corrected chi connectivity index (χ2v) is 7.13. The van der Waals surface area contributed by atoms with Gasteiger partial charge in [-0.3, -0.25) is 4.79 Å². The molecule has 1 N–H and O–H groups in total. The van der Waals surface area contributed by atoms with E-state index in [-0.39, 0.29) is 11.9 Å². The quantitative estimate of drug-likeness (QED) is 0.700. The molecule has 1 atom stereocenters. The number of rotatable bonds is 6. The number of fused-ring (bicyclic) bond motifs is 1. The summed E-state index contributed by atoms with van der Waals surface area (Å²) in [5.74, 6) is 1.36. The van der Waals surface area contributed by atoms with Gasteiger partial charge in [-0.25, -0.2) is 9.97 Å². The van der Waals surface area contributed by atoms with Gasteiger partial charge < -0.3 is 15.0 Å². The normalized spacial score (nSPS) is 15.1. The SMILES string of the molecule is COc1ccccc1CCNC(=O)c1cc(N2c3ccccc3CC2C)ncn1. The van der Waals surface area contributed by atoms with E-state index in [0.717, 1.165) is 29.2 Å². The van der Waals surface area contributed by atoms with Crippen molar-refractivity contribution in [3.05, 3.63) is 77.7 Å². The van der Waals surface area contributed by atoms with Gasteiger partial charge in [0.1, 0.15) is 23.6 Å². The Morgan fingerprint density at radius 2 is 1.97 bits per heavy atom. The number of para-hydroxylation sites is 2. The molecule has 0 spiro atoms. The molecule has 1 amide bonds. The lowest BCUT2D eigenvalue weighted by atomic mass is 10.1. The van der Waals surface area contributed by atoms with E-state index in [1.807, 2.05) is 30.3 Å². The highest BCUT2D eigenvalue weighted by molar-refractivity contribution is 5.93. The summed E-state index contributed by atoms with van der Waals surface area (Å²) in [4.78, 5) is 23.4. The zero-order valence-corrected chi connectivity index (χ0v) is 16.6. The zero-order chi connectivity index (χ0) is 20.2. The van der Waals surface area contributed by atoms with Crippen LogP contribution in [0.1, 0.15) is 28.5 Å². The monoisotopic (exact) mass is 388 g/mol. The largest absolute Gasteiger partial charge is 0.496 e. The lowest BCUT2D eigenvalue weighted by Crippen LogP contribution is -2.28. The maximum atomic E-state index is 12.6. The molecular weight excluding hydrogens is 364 g/mol. The number of hydrogen-bond acceptors (Lipinski definition) is 5. The molecule has 1 aliphatic heterocycles. The van der Waals surface area contributed by atoms with Crippen molar-refractivity contribution < 1.29 is 9.53 Å². The first-order valence-corrected chi connectivity index (χ1v) is 9.76. The van der Waals surface area contributed by atoms with Gasteiger partial charge in [0.2, 0.25) is 0 Å². The molecular formula is C23H24N4O2. The number of ether oxygens (including phenoxy) is 1. The molecule has 6 heteroatoms. The van der Waals surface area contributed by atoms with Crippen LogP contribution in [0.3, 0.4) is 0 Å². The van der Waals surface area contributed by atoms with Gasteiger partial charge in [-0.15, -0.1) is 0 Å². The van der Waals surface area contributed by atoms with Gasteiger partial charge in [-0.2, -0.15) is 0 Å². The summed E-state index contributed by atoms with van der Waals surface area (Å²) in [5, 5.41) is 2.94. The number of nitrogens with one attached hydrogen (secondary N) is 1. The highest BCUT2D eigenvalue weighted by Gasteiger charge is 2.28. The molecule has 6 nitrogen and oxygen atoms in total. The van der Waals surface area contributed by atoms with Crippen molar-refractivity contribution in [2.45, 2.75) is 25.8 Å². The van der Waals surface area contributed by atoms with Crippen LogP contribution >= 0.6 is 0 Å². The highest BCUT2D eigenvalue weighted by Crippen LogP contribution is 2.37. The van der Waals surface area contributed by atoms with E-state index < -0.39 is 0 Å². The average molecular weight is 388 g/mol. The third-order valence-electron chi connectivity index (χ3n) is 5.21. The summed E-state index contributed by atoms with van der Waals surface area (Å²) in [6.07, 6.45) is 3.10. The van der Waals surface area contributed by atoms with Crippen molar-refractivity contribution in [2.24, 2.45) is 0 Å². The number of carbonyl (C=O) groups is 1. The number of aromatic nitrogens is 2. The molecule has 2 heterocycles. The van der Waals surface area contributed by atoms with E-state index >= 15 is 0 Å². The fraction of sp³-hybridized carbons (Fsp3) is 0.261. The van der Waals surface area contributed by atoms with Crippen LogP contribution in [-0.4, -0.2) is 35.6 Å². The van der Waals surface area contributed by atoms with Crippen molar-refractivity contribution >= 4 is 17.4 Å².